The van der Waals surface area contributed by atoms with E-state index < -0.39 is 32.5 Å². The summed E-state index contributed by atoms with van der Waals surface area (Å²) in [4.78, 5) is 42.6. The van der Waals surface area contributed by atoms with Crippen LogP contribution in [0.4, 0.5) is 0 Å². The third kappa shape index (κ3) is 33.7. The van der Waals surface area contributed by atoms with Crippen molar-refractivity contribution in [1.82, 2.24) is 0 Å². The van der Waals surface area contributed by atoms with Gasteiger partial charge in [-0.05, 0) is 38.5 Å². The molecule has 0 spiro atoms. The second kappa shape index (κ2) is 31.8. The lowest BCUT2D eigenvalue weighted by atomic mass is 10.0. The van der Waals surface area contributed by atoms with Gasteiger partial charge in [-0.2, -0.15) is 0 Å². The molecule has 0 fully saturated rings. The highest BCUT2D eigenvalue weighted by Crippen LogP contribution is 2.36. The molecule has 0 amide bonds. The molecule has 0 unspecified atom stereocenters. The maximum absolute atomic E-state index is 12.3. The molecule has 260 valence electrons. The van der Waals surface area contributed by atoms with Crippen molar-refractivity contribution in [2.24, 2.45) is 0 Å². The molecule has 0 aromatic carbocycles. The van der Waals surface area contributed by atoms with Gasteiger partial charge in [0.15, 0.2) is 6.10 Å². The van der Waals surface area contributed by atoms with Crippen molar-refractivity contribution in [3.05, 3.63) is 12.2 Å². The van der Waals surface area contributed by atoms with Gasteiger partial charge in [0.2, 0.25) is 0 Å². The number of rotatable bonds is 33. The minimum absolute atomic E-state index is 0.215. The zero-order valence-electron chi connectivity index (χ0n) is 28.3. The second-order valence-electron chi connectivity index (χ2n) is 12.2. The number of ether oxygens (including phenoxy) is 2. The summed E-state index contributed by atoms with van der Waals surface area (Å²) in [7, 11) is -4.74. The van der Waals surface area contributed by atoms with E-state index in [4.69, 9.17) is 19.3 Å². The van der Waals surface area contributed by atoms with Crippen LogP contribution in [0.3, 0.4) is 0 Å². The molecule has 1 atom stereocenters. The molecule has 0 saturated heterocycles. The molecule has 0 aliphatic carbocycles. The Hall–Kier alpha value is -1.21. The van der Waals surface area contributed by atoms with Crippen LogP contribution in [0, 0.1) is 0 Å². The Morgan fingerprint density at radius 1 is 0.568 bits per heavy atom. The molecular formula is C35H67O8P. The molecule has 0 aliphatic rings. The lowest BCUT2D eigenvalue weighted by Gasteiger charge is -2.18. The summed E-state index contributed by atoms with van der Waals surface area (Å²) in [6.07, 6.45) is 32.2. The van der Waals surface area contributed by atoms with Crippen molar-refractivity contribution >= 4 is 19.8 Å². The van der Waals surface area contributed by atoms with E-state index in [1.54, 1.807) is 0 Å². The van der Waals surface area contributed by atoms with Crippen LogP contribution < -0.4 is 0 Å². The van der Waals surface area contributed by atoms with Gasteiger partial charge in [-0.3, -0.25) is 14.1 Å². The molecule has 0 aromatic rings. The summed E-state index contributed by atoms with van der Waals surface area (Å²) in [6, 6.07) is 0. The van der Waals surface area contributed by atoms with Crippen molar-refractivity contribution in [3.63, 3.8) is 0 Å². The van der Waals surface area contributed by atoms with Crippen LogP contribution >= 0.6 is 7.82 Å². The zero-order chi connectivity index (χ0) is 32.6. The lowest BCUT2D eigenvalue weighted by molar-refractivity contribution is -0.161. The fraction of sp³-hybridized carbons (Fsp3) is 0.886. The van der Waals surface area contributed by atoms with E-state index in [9.17, 15) is 14.2 Å². The number of carbonyl (C=O) groups is 2. The Balaban J connectivity index is 3.97. The van der Waals surface area contributed by atoms with Crippen molar-refractivity contribution in [2.75, 3.05) is 13.2 Å². The highest BCUT2D eigenvalue weighted by Gasteiger charge is 2.22. The van der Waals surface area contributed by atoms with E-state index >= 15 is 0 Å². The molecular weight excluding hydrogens is 579 g/mol. The van der Waals surface area contributed by atoms with E-state index in [0.29, 0.717) is 12.8 Å². The average molecular weight is 647 g/mol. The number of hydrogen-bond acceptors (Lipinski definition) is 6. The summed E-state index contributed by atoms with van der Waals surface area (Å²) in [5.74, 6) is -0.890. The van der Waals surface area contributed by atoms with Gasteiger partial charge in [-0.15, -0.1) is 0 Å². The van der Waals surface area contributed by atoms with Crippen molar-refractivity contribution in [2.45, 2.75) is 187 Å². The van der Waals surface area contributed by atoms with Gasteiger partial charge in [0.25, 0.3) is 0 Å². The maximum Gasteiger partial charge on any atom is 0.469 e. The normalized spacial score (nSPS) is 12.5. The highest BCUT2D eigenvalue weighted by molar-refractivity contribution is 7.46. The number of unbranched alkanes of at least 4 members (excludes halogenated alkanes) is 21. The minimum Gasteiger partial charge on any atom is -0.462 e. The molecule has 0 heterocycles. The summed E-state index contributed by atoms with van der Waals surface area (Å²) in [5, 5.41) is 0. The Morgan fingerprint density at radius 3 is 1.43 bits per heavy atom. The standard InChI is InChI=1S/C35H67O8P/c1-3-5-7-9-11-13-15-17-18-20-22-24-26-28-30-35(37)43-33(32-42-44(38,39)40)31-41-34(36)29-27-25-23-21-19-16-14-12-10-8-6-4-2/h12,14,33H,3-11,13,15-32H2,1-2H3,(H2,38,39,40)/b14-12+/t33-/m1/s1. The first-order valence-corrected chi connectivity index (χ1v) is 19.5. The second-order valence-corrected chi connectivity index (χ2v) is 13.4. The monoisotopic (exact) mass is 646 g/mol. The first kappa shape index (κ1) is 42.8. The van der Waals surface area contributed by atoms with Crippen LogP contribution in [-0.2, 0) is 28.2 Å². The Morgan fingerprint density at radius 2 is 0.955 bits per heavy atom. The zero-order valence-corrected chi connectivity index (χ0v) is 29.2. The van der Waals surface area contributed by atoms with Gasteiger partial charge in [-0.1, -0.05) is 142 Å². The third-order valence-corrected chi connectivity index (χ3v) is 8.27. The summed E-state index contributed by atoms with van der Waals surface area (Å²) in [5.41, 5.74) is 0. The molecule has 0 bridgehead atoms. The number of allylic oxidation sites excluding steroid dienone is 2. The molecule has 2 N–H and O–H groups in total. The smallest absolute Gasteiger partial charge is 0.462 e. The molecule has 9 heteroatoms. The largest absolute Gasteiger partial charge is 0.469 e. The highest BCUT2D eigenvalue weighted by atomic mass is 31.2. The van der Waals surface area contributed by atoms with E-state index in [2.05, 4.69) is 30.5 Å². The third-order valence-electron chi connectivity index (χ3n) is 7.78. The van der Waals surface area contributed by atoms with Gasteiger partial charge < -0.3 is 19.3 Å². The molecule has 0 radical (unpaired) electrons. The quantitative estimate of drug-likeness (QED) is 0.0313. The van der Waals surface area contributed by atoms with Crippen molar-refractivity contribution < 1.29 is 37.9 Å². The molecule has 44 heavy (non-hydrogen) atoms. The summed E-state index contributed by atoms with van der Waals surface area (Å²) < 4.78 is 26.2. The predicted molar refractivity (Wildman–Crippen MR) is 179 cm³/mol. The first-order valence-electron chi connectivity index (χ1n) is 18.0. The van der Waals surface area contributed by atoms with Gasteiger partial charge >= 0.3 is 19.8 Å². The average Bonchev–Trinajstić information content (AvgIpc) is 2.98. The maximum atomic E-state index is 12.3. The predicted octanol–water partition coefficient (Wildman–Crippen LogP) is 10.3. The Labute approximate surface area is 269 Å². The number of phosphoric acid groups is 1. The van der Waals surface area contributed by atoms with Crippen LogP contribution in [0.5, 0.6) is 0 Å². The first-order chi connectivity index (χ1) is 21.3. The van der Waals surface area contributed by atoms with Gasteiger partial charge in [0.05, 0.1) is 6.61 Å². The molecule has 0 saturated carbocycles. The minimum atomic E-state index is -4.74. The fourth-order valence-corrected chi connectivity index (χ4v) is 5.43. The van der Waals surface area contributed by atoms with E-state index in [-0.39, 0.29) is 19.4 Å². The number of phosphoric ester groups is 1. The Bertz CT molecular complexity index is 736. The lowest BCUT2D eigenvalue weighted by Crippen LogP contribution is -2.29. The van der Waals surface area contributed by atoms with Crippen LogP contribution in [0.1, 0.15) is 181 Å². The van der Waals surface area contributed by atoms with Gasteiger partial charge in [0, 0.05) is 12.8 Å². The van der Waals surface area contributed by atoms with Crippen molar-refractivity contribution in [1.29, 1.82) is 0 Å². The topological polar surface area (TPSA) is 119 Å². The molecule has 0 aromatic heterocycles. The SMILES string of the molecule is CCCCC/C=C/CCCCCCCC(=O)OC[C@H](COP(=O)(O)O)OC(=O)CCCCCCCCCCCCCCCC. The van der Waals surface area contributed by atoms with Gasteiger partial charge in [-0.25, -0.2) is 4.57 Å². The van der Waals surface area contributed by atoms with E-state index in [1.807, 2.05) is 0 Å². The van der Waals surface area contributed by atoms with Crippen LogP contribution in [0.15, 0.2) is 12.2 Å². The number of carbonyl (C=O) groups excluding carboxylic acids is 2. The molecule has 0 rings (SSSR count). The van der Waals surface area contributed by atoms with Gasteiger partial charge in [0.1, 0.15) is 6.61 Å². The summed E-state index contributed by atoms with van der Waals surface area (Å²) in [6.45, 7) is 3.64. The summed E-state index contributed by atoms with van der Waals surface area (Å²) >= 11 is 0. The van der Waals surface area contributed by atoms with Crippen LogP contribution in [-0.4, -0.2) is 41.0 Å². The molecule has 0 aliphatic heterocycles. The van der Waals surface area contributed by atoms with E-state index in [1.165, 1.54) is 89.9 Å². The van der Waals surface area contributed by atoms with E-state index in [0.717, 1.165) is 51.4 Å². The number of hydrogen-bond donors (Lipinski definition) is 2. The Kier molecular flexibility index (Phi) is 30.9. The molecule has 8 nitrogen and oxygen atoms in total. The van der Waals surface area contributed by atoms with Crippen LogP contribution in [0.2, 0.25) is 0 Å². The van der Waals surface area contributed by atoms with Crippen LogP contribution in [0.25, 0.3) is 0 Å². The van der Waals surface area contributed by atoms with Crippen molar-refractivity contribution in [3.8, 4) is 0 Å². The fourth-order valence-electron chi connectivity index (χ4n) is 5.07. The number of esters is 2.